The molecular weight excluding hydrogens is 125 g/mol. The van der Waals surface area contributed by atoms with Crippen molar-refractivity contribution >= 4 is 12.8 Å². The first-order valence-electron chi connectivity index (χ1n) is 2.87. The van der Waals surface area contributed by atoms with Gasteiger partial charge in [0.2, 0.25) is 0 Å². The quantitative estimate of drug-likeness (QED) is 0.489. The lowest BCUT2D eigenvalue weighted by Crippen LogP contribution is -2.26. The topological polar surface area (TPSA) is 3.24 Å². The zero-order chi connectivity index (χ0) is 5.98. The molecule has 0 aromatic rings. The van der Waals surface area contributed by atoms with Crippen LogP contribution in [-0.2, 0) is 0 Å². The molecule has 3 heteroatoms. The maximum Gasteiger partial charge on any atom is 0.103 e. The summed E-state index contributed by atoms with van der Waals surface area (Å²) in [5, 5.41) is 0. The third-order valence-electron chi connectivity index (χ3n) is 1.40. The highest BCUT2D eigenvalue weighted by Gasteiger charge is 2.14. The van der Waals surface area contributed by atoms with Crippen LogP contribution in [0.2, 0.25) is 0 Å². The summed E-state index contributed by atoms with van der Waals surface area (Å²) in [6.07, 6.45) is 0.742. The molecule has 0 aliphatic carbocycles. The van der Waals surface area contributed by atoms with Crippen molar-refractivity contribution in [2.24, 2.45) is 0 Å². The van der Waals surface area contributed by atoms with E-state index in [4.69, 9.17) is 0 Å². The Hall–Kier alpha value is 0.240. The molecule has 1 aliphatic heterocycles. The van der Waals surface area contributed by atoms with E-state index in [0.717, 1.165) is 13.1 Å². The summed E-state index contributed by atoms with van der Waals surface area (Å²) in [5.74, 6) is 0. The van der Waals surface area contributed by atoms with Gasteiger partial charge < -0.3 is 0 Å². The second-order valence-corrected chi connectivity index (χ2v) is 2.69. The van der Waals surface area contributed by atoms with Gasteiger partial charge in [0.25, 0.3) is 0 Å². The first-order chi connectivity index (χ1) is 3.79. The third kappa shape index (κ3) is 1.63. The third-order valence-corrected chi connectivity index (χ3v) is 1.80. The number of alkyl halides is 1. The molecule has 0 atom stereocenters. The lowest BCUT2D eigenvalue weighted by molar-refractivity contribution is 0.220. The van der Waals surface area contributed by atoms with Crippen LogP contribution in [-0.4, -0.2) is 23.6 Å². The first-order valence-corrected chi connectivity index (χ1v) is 3.27. The molecule has 0 amide bonds. The average molecular weight is 135 g/mol. The van der Waals surface area contributed by atoms with Crippen LogP contribution in [0.1, 0.15) is 12.8 Å². The fourth-order valence-electron chi connectivity index (χ4n) is 0.834. The van der Waals surface area contributed by atoms with Gasteiger partial charge in [0.05, 0.1) is 0 Å². The molecule has 8 heavy (non-hydrogen) atoms. The molecule has 0 aromatic heterocycles. The zero-order valence-corrected chi connectivity index (χ0v) is 5.57. The summed E-state index contributed by atoms with van der Waals surface area (Å²) >= 11 is 4.07. The highest BCUT2D eigenvalue weighted by molar-refractivity contribution is 7.77. The summed E-state index contributed by atoms with van der Waals surface area (Å²) in [6.45, 7) is 1.59. The first kappa shape index (κ1) is 6.36. The maximum atomic E-state index is 12.3. The van der Waals surface area contributed by atoms with E-state index < -0.39 is 6.17 Å². The normalized spacial score (nSPS) is 26.2. The molecule has 0 N–H and O–H groups in total. The smallest absolute Gasteiger partial charge is 0.103 e. The summed E-state index contributed by atoms with van der Waals surface area (Å²) in [5.41, 5.74) is 0. The Morgan fingerprint density at radius 3 is 2.25 bits per heavy atom. The predicted octanol–water partition coefficient (Wildman–Crippen LogP) is 1.27. The maximum absolute atomic E-state index is 12.3. The Bertz CT molecular complexity index is 60.8. The van der Waals surface area contributed by atoms with E-state index in [2.05, 4.69) is 12.8 Å². The number of halogens is 1. The van der Waals surface area contributed by atoms with Crippen LogP contribution in [0.25, 0.3) is 0 Å². The highest BCUT2D eigenvalue weighted by atomic mass is 32.1. The molecular formula is C5H10FNS. The van der Waals surface area contributed by atoms with Gasteiger partial charge in [-0.25, -0.2) is 4.39 Å². The second-order valence-electron chi connectivity index (χ2n) is 2.13. The molecule has 0 bridgehead atoms. The number of hydrogen-bond donors (Lipinski definition) is 1. The predicted molar refractivity (Wildman–Crippen MR) is 34.7 cm³/mol. The molecule has 1 fully saturated rings. The van der Waals surface area contributed by atoms with E-state index in [1.807, 2.05) is 4.31 Å². The van der Waals surface area contributed by atoms with Crippen molar-refractivity contribution in [1.29, 1.82) is 0 Å². The van der Waals surface area contributed by atoms with E-state index in [1.165, 1.54) is 0 Å². The standard InChI is InChI=1S/C5H10FNS/c6-5-1-3-7(8)4-2-5/h5,8H,1-4H2. The van der Waals surface area contributed by atoms with Gasteiger partial charge in [-0.2, -0.15) is 0 Å². The van der Waals surface area contributed by atoms with Crippen LogP contribution in [0.4, 0.5) is 4.39 Å². The van der Waals surface area contributed by atoms with Crippen molar-refractivity contribution in [1.82, 2.24) is 4.31 Å². The molecule has 48 valence electrons. The van der Waals surface area contributed by atoms with Crippen molar-refractivity contribution < 1.29 is 4.39 Å². The van der Waals surface area contributed by atoms with Gasteiger partial charge in [-0.05, 0) is 12.8 Å². The Labute approximate surface area is 54.4 Å². The lowest BCUT2D eigenvalue weighted by Gasteiger charge is -2.22. The Morgan fingerprint density at radius 1 is 1.38 bits per heavy atom. The number of hydrogen-bond acceptors (Lipinski definition) is 2. The number of thiol groups is 1. The van der Waals surface area contributed by atoms with Crippen molar-refractivity contribution in [3.63, 3.8) is 0 Å². The number of nitrogens with zero attached hydrogens (tertiary/aromatic N) is 1. The van der Waals surface area contributed by atoms with Gasteiger partial charge in [-0.1, -0.05) is 12.8 Å². The molecule has 1 aliphatic rings. The van der Waals surface area contributed by atoms with Gasteiger partial charge in [-0.15, -0.1) is 0 Å². The summed E-state index contributed by atoms with van der Waals surface area (Å²) < 4.78 is 14.2. The van der Waals surface area contributed by atoms with Gasteiger partial charge in [-0.3, -0.25) is 4.31 Å². The van der Waals surface area contributed by atoms with Crippen molar-refractivity contribution in [2.75, 3.05) is 13.1 Å². The zero-order valence-electron chi connectivity index (χ0n) is 4.68. The summed E-state index contributed by atoms with van der Waals surface area (Å²) in [4.78, 5) is 0. The second kappa shape index (κ2) is 2.69. The fraction of sp³-hybridized carbons (Fsp3) is 1.00. The monoisotopic (exact) mass is 135 g/mol. The summed E-state index contributed by atoms with van der Waals surface area (Å²) in [7, 11) is 0. The molecule has 1 saturated heterocycles. The van der Waals surface area contributed by atoms with Crippen LogP contribution in [0.15, 0.2) is 0 Å². The van der Waals surface area contributed by atoms with Crippen molar-refractivity contribution in [3.8, 4) is 0 Å². The summed E-state index contributed by atoms with van der Waals surface area (Å²) in [6, 6.07) is 0. The molecule has 0 saturated carbocycles. The molecule has 0 unspecified atom stereocenters. The minimum atomic E-state index is -0.571. The van der Waals surface area contributed by atoms with E-state index in [0.29, 0.717) is 12.8 Å². The molecule has 1 nitrogen and oxygen atoms in total. The highest BCUT2D eigenvalue weighted by Crippen LogP contribution is 2.13. The largest absolute Gasteiger partial charge is 0.253 e. The van der Waals surface area contributed by atoms with Gasteiger partial charge in [0.1, 0.15) is 6.17 Å². The molecule has 0 spiro atoms. The number of rotatable bonds is 0. The van der Waals surface area contributed by atoms with Crippen molar-refractivity contribution in [2.45, 2.75) is 19.0 Å². The molecule has 1 heterocycles. The van der Waals surface area contributed by atoms with Gasteiger partial charge in [0, 0.05) is 13.1 Å². The van der Waals surface area contributed by atoms with E-state index in [1.54, 1.807) is 0 Å². The van der Waals surface area contributed by atoms with E-state index in [9.17, 15) is 4.39 Å². The minimum Gasteiger partial charge on any atom is -0.253 e. The van der Waals surface area contributed by atoms with Crippen LogP contribution in [0.3, 0.4) is 0 Å². The Balaban J connectivity index is 2.19. The van der Waals surface area contributed by atoms with E-state index in [-0.39, 0.29) is 0 Å². The number of piperidine rings is 1. The van der Waals surface area contributed by atoms with Crippen LogP contribution in [0, 0.1) is 0 Å². The fourth-order valence-corrected chi connectivity index (χ4v) is 1.07. The lowest BCUT2D eigenvalue weighted by atomic mass is 10.1. The van der Waals surface area contributed by atoms with Crippen LogP contribution >= 0.6 is 12.8 Å². The average Bonchev–Trinajstić information content (AvgIpc) is 1.77. The molecule has 1 rings (SSSR count). The van der Waals surface area contributed by atoms with Gasteiger partial charge >= 0.3 is 0 Å². The molecule has 0 aromatic carbocycles. The Kier molecular flexibility index (Phi) is 2.14. The van der Waals surface area contributed by atoms with Gasteiger partial charge in [0.15, 0.2) is 0 Å². The molecule has 0 radical (unpaired) electrons. The minimum absolute atomic E-state index is 0.571. The Morgan fingerprint density at radius 2 is 1.88 bits per heavy atom. The van der Waals surface area contributed by atoms with Crippen LogP contribution < -0.4 is 0 Å². The van der Waals surface area contributed by atoms with Crippen molar-refractivity contribution in [3.05, 3.63) is 0 Å². The SMILES string of the molecule is FC1CCN(S)CC1. The van der Waals surface area contributed by atoms with Crippen LogP contribution in [0.5, 0.6) is 0 Å². The van der Waals surface area contributed by atoms with E-state index >= 15 is 0 Å².